The van der Waals surface area contributed by atoms with Crippen molar-refractivity contribution in [2.75, 3.05) is 24.7 Å². The predicted molar refractivity (Wildman–Crippen MR) is 150 cm³/mol. The van der Waals surface area contributed by atoms with E-state index in [1.807, 2.05) is 48.5 Å². The maximum atomic E-state index is 15.7. The van der Waals surface area contributed by atoms with Gasteiger partial charge in [0.2, 0.25) is 14.3 Å². The van der Waals surface area contributed by atoms with Crippen molar-refractivity contribution in [3.05, 3.63) is 65.2 Å². The number of amides is 2. The normalized spacial score (nSPS) is 27.0. The monoisotopic (exact) mass is 554 g/mol. The Morgan fingerprint density at radius 1 is 1.13 bits per heavy atom. The summed E-state index contributed by atoms with van der Waals surface area (Å²) in [6.07, 6.45) is 1.20. The first kappa shape index (κ1) is 27.8. The Hall–Kier alpha value is -2.75. The summed E-state index contributed by atoms with van der Waals surface area (Å²) in [5.74, 6) is -0.100. The maximum Gasteiger partial charge on any atom is 0.414 e. The van der Waals surface area contributed by atoms with Crippen molar-refractivity contribution in [1.29, 1.82) is 0 Å². The van der Waals surface area contributed by atoms with Crippen molar-refractivity contribution in [3.8, 4) is 0 Å². The van der Waals surface area contributed by atoms with Crippen LogP contribution in [0.25, 0.3) is 0 Å². The highest BCUT2D eigenvalue weighted by atomic mass is 28.4. The van der Waals surface area contributed by atoms with Gasteiger partial charge in [-0.1, -0.05) is 43.3 Å². The Morgan fingerprint density at radius 2 is 1.90 bits per heavy atom. The number of cyclic esters (lactones) is 1. The van der Waals surface area contributed by atoms with E-state index < -0.39 is 14.5 Å². The van der Waals surface area contributed by atoms with Crippen LogP contribution in [0.4, 0.5) is 14.6 Å². The van der Waals surface area contributed by atoms with Gasteiger partial charge in [-0.2, -0.15) is 0 Å². The molecule has 5 atom stereocenters. The number of aryl methyl sites for hydroxylation is 1. The number of carbonyl (C=O) groups excluding carboxylic acids is 2. The lowest BCUT2D eigenvalue weighted by molar-refractivity contribution is -0.138. The topological polar surface area (TPSA) is 79.3 Å². The molecule has 0 spiro atoms. The van der Waals surface area contributed by atoms with Crippen LogP contribution in [0, 0.1) is 5.92 Å². The lowest BCUT2D eigenvalue weighted by Crippen LogP contribution is -2.48. The average molecular weight is 555 g/mol. The summed E-state index contributed by atoms with van der Waals surface area (Å²) in [5, 5.41) is 10.0. The summed E-state index contributed by atoms with van der Waals surface area (Å²) in [7, 11) is -3.14. The van der Waals surface area contributed by atoms with Crippen LogP contribution in [0.15, 0.2) is 48.5 Å². The molecule has 7 nitrogen and oxygen atoms in total. The number of benzene rings is 2. The van der Waals surface area contributed by atoms with Crippen LogP contribution in [0.1, 0.15) is 36.5 Å². The minimum absolute atomic E-state index is 0.0121. The molecule has 2 amide bonds. The van der Waals surface area contributed by atoms with Crippen molar-refractivity contribution < 1.29 is 28.3 Å². The summed E-state index contributed by atoms with van der Waals surface area (Å²) in [5.41, 5.74) is 3.86. The zero-order valence-electron chi connectivity index (χ0n) is 23.0. The fraction of sp³-hybridized carbons (Fsp3) is 0.533. The van der Waals surface area contributed by atoms with Crippen LogP contribution < -0.4 is 4.90 Å². The second-order valence-electron chi connectivity index (χ2n) is 11.7. The number of rotatable bonds is 8. The van der Waals surface area contributed by atoms with Crippen LogP contribution in [-0.4, -0.2) is 68.4 Å². The first-order chi connectivity index (χ1) is 18.7. The lowest BCUT2D eigenvalue weighted by Gasteiger charge is -2.37. The van der Waals surface area contributed by atoms with E-state index in [-0.39, 0.29) is 48.6 Å². The van der Waals surface area contributed by atoms with Crippen molar-refractivity contribution >= 4 is 26.1 Å². The molecule has 0 aromatic heterocycles. The third-order valence-corrected chi connectivity index (χ3v) is 11.1. The highest BCUT2D eigenvalue weighted by Gasteiger charge is 2.52. The molecular weight excluding hydrogens is 515 g/mol. The molecule has 3 aliphatic heterocycles. The van der Waals surface area contributed by atoms with Crippen molar-refractivity contribution in [2.24, 2.45) is 5.92 Å². The molecule has 0 aliphatic carbocycles. The number of anilines is 1. The molecule has 2 saturated heterocycles. The summed E-state index contributed by atoms with van der Waals surface area (Å²) in [6, 6.07) is 15.6. The summed E-state index contributed by atoms with van der Waals surface area (Å²) in [6.45, 7) is 6.76. The first-order valence-electron chi connectivity index (χ1n) is 14.0. The Kier molecular flexibility index (Phi) is 8.12. The standard InChI is InChI=1S/C30H39FN2O5Si/c1-20-26(12-11-21-7-6-10-24(15-21)32-13-14-37-30(32)36)38-27(29(20)39(2,3)31)17-28(35)33-18-23-9-5-4-8-22(23)16-25(33)19-34/h4-10,15,20,25-27,29,34H,11-14,16-19H2,1-3H3/t20-,25-,26+,27-,29+/m0/s1. The molecule has 210 valence electrons. The van der Waals surface area contributed by atoms with Gasteiger partial charge in [-0.3, -0.25) is 9.69 Å². The van der Waals surface area contributed by atoms with Gasteiger partial charge in [0.25, 0.3) is 0 Å². The van der Waals surface area contributed by atoms with E-state index in [9.17, 15) is 14.7 Å². The van der Waals surface area contributed by atoms with Gasteiger partial charge in [-0.05, 0) is 67.1 Å². The molecular formula is C30H39FN2O5Si. The zero-order valence-corrected chi connectivity index (χ0v) is 24.0. The number of hydrogen-bond acceptors (Lipinski definition) is 5. The SMILES string of the molecule is C[C@@H]1[C@@H]([Si](C)(C)F)[C@H](CC(=O)N2Cc3ccccc3C[C@H]2CO)O[C@@H]1CCc1cccc(N2CCOC2=O)c1. The van der Waals surface area contributed by atoms with Crippen molar-refractivity contribution in [3.63, 3.8) is 0 Å². The van der Waals surface area contributed by atoms with E-state index in [2.05, 4.69) is 6.92 Å². The molecule has 39 heavy (non-hydrogen) atoms. The van der Waals surface area contributed by atoms with Crippen molar-refractivity contribution in [1.82, 2.24) is 4.90 Å². The highest BCUT2D eigenvalue weighted by molar-refractivity contribution is 6.72. The Bertz CT molecular complexity index is 1200. The molecule has 2 fully saturated rings. The number of fused-ring (bicyclic) bond motifs is 1. The van der Waals surface area contributed by atoms with Gasteiger partial charge < -0.3 is 23.6 Å². The van der Waals surface area contributed by atoms with E-state index in [0.717, 1.165) is 28.8 Å². The minimum atomic E-state index is -3.14. The molecule has 2 aromatic carbocycles. The molecule has 9 heteroatoms. The molecule has 3 aliphatic rings. The maximum absolute atomic E-state index is 15.7. The third-order valence-electron chi connectivity index (χ3n) is 8.66. The van der Waals surface area contributed by atoms with Crippen LogP contribution in [-0.2, 0) is 33.7 Å². The van der Waals surface area contributed by atoms with Gasteiger partial charge in [-0.15, -0.1) is 0 Å². The van der Waals surface area contributed by atoms with Crippen LogP contribution in [0.5, 0.6) is 0 Å². The number of hydrogen-bond donors (Lipinski definition) is 1. The zero-order chi connectivity index (χ0) is 27.7. The van der Waals surface area contributed by atoms with Gasteiger partial charge in [-0.25, -0.2) is 4.79 Å². The number of nitrogens with zero attached hydrogens (tertiary/aromatic N) is 2. The van der Waals surface area contributed by atoms with E-state index >= 15 is 4.11 Å². The van der Waals surface area contributed by atoms with Gasteiger partial charge in [0.05, 0.1) is 37.8 Å². The Morgan fingerprint density at radius 3 is 2.59 bits per heavy atom. The molecule has 3 heterocycles. The van der Waals surface area contributed by atoms with Gasteiger partial charge in [0.1, 0.15) is 6.61 Å². The summed E-state index contributed by atoms with van der Waals surface area (Å²) >= 11 is 0. The Balaban J connectivity index is 1.27. The Labute approximate surface area is 231 Å². The number of aliphatic hydroxyl groups is 1. The predicted octanol–water partition coefficient (Wildman–Crippen LogP) is 4.86. The van der Waals surface area contributed by atoms with Crippen LogP contribution >= 0.6 is 0 Å². The van der Waals surface area contributed by atoms with Crippen molar-refractivity contribution in [2.45, 2.75) is 76.0 Å². The summed E-state index contributed by atoms with van der Waals surface area (Å²) < 4.78 is 27.2. The molecule has 1 N–H and O–H groups in total. The number of ether oxygens (including phenoxy) is 2. The molecule has 0 radical (unpaired) electrons. The molecule has 5 rings (SSSR count). The summed E-state index contributed by atoms with van der Waals surface area (Å²) in [4.78, 5) is 28.9. The minimum Gasteiger partial charge on any atom is -0.447 e. The number of halogens is 1. The largest absolute Gasteiger partial charge is 0.447 e. The number of aliphatic hydroxyl groups excluding tert-OH is 1. The molecule has 0 unspecified atom stereocenters. The number of carbonyl (C=O) groups is 2. The van der Waals surface area contributed by atoms with Crippen LogP contribution in [0.3, 0.4) is 0 Å². The average Bonchev–Trinajstić information content (AvgIpc) is 3.48. The highest BCUT2D eigenvalue weighted by Crippen LogP contribution is 2.47. The van der Waals surface area contributed by atoms with E-state index in [0.29, 0.717) is 32.5 Å². The van der Waals surface area contributed by atoms with Gasteiger partial charge in [0, 0.05) is 17.8 Å². The molecule has 0 bridgehead atoms. The molecule has 2 aromatic rings. The smallest absolute Gasteiger partial charge is 0.414 e. The lowest BCUT2D eigenvalue weighted by atomic mass is 9.93. The van der Waals surface area contributed by atoms with E-state index in [4.69, 9.17) is 9.47 Å². The van der Waals surface area contributed by atoms with Crippen LogP contribution in [0.2, 0.25) is 18.6 Å². The van der Waals surface area contributed by atoms with E-state index in [1.54, 1.807) is 22.9 Å². The van der Waals surface area contributed by atoms with E-state index in [1.165, 1.54) is 0 Å². The molecule has 0 saturated carbocycles. The third kappa shape index (κ3) is 5.90. The fourth-order valence-electron chi connectivity index (χ4n) is 6.72. The van der Waals surface area contributed by atoms with Gasteiger partial charge in [0.15, 0.2) is 0 Å². The fourth-order valence-corrected chi connectivity index (χ4v) is 9.27. The second kappa shape index (κ2) is 11.4. The second-order valence-corrected chi connectivity index (χ2v) is 15.5. The quantitative estimate of drug-likeness (QED) is 0.373. The first-order valence-corrected chi connectivity index (χ1v) is 17.0. The van der Waals surface area contributed by atoms with Gasteiger partial charge >= 0.3 is 6.09 Å².